The average molecular weight is 440 g/mol. The largest absolute Gasteiger partial charge is 0.497 e. The van der Waals surface area contributed by atoms with Crippen LogP contribution in [0.4, 0.5) is 10.5 Å². The topological polar surface area (TPSA) is 46.5 Å². The number of nitrogens with one attached hydrogen (secondary N) is 1. The molecule has 1 N–H and O–H groups in total. The van der Waals surface area contributed by atoms with E-state index in [1.807, 2.05) is 65.6 Å². The molecule has 0 spiro atoms. The van der Waals surface area contributed by atoms with Crippen molar-refractivity contribution in [3.8, 4) is 5.75 Å². The number of benzene rings is 3. The minimum absolute atomic E-state index is 0.157. The zero-order valence-electron chi connectivity index (χ0n) is 19.1. The molecule has 0 aliphatic rings. The van der Waals surface area contributed by atoms with Crippen LogP contribution in [0.15, 0.2) is 97.2 Å². The molecule has 1 heterocycles. The Bertz CT molecular complexity index is 1200. The van der Waals surface area contributed by atoms with Crippen LogP contribution in [-0.2, 0) is 19.6 Å². The molecule has 5 nitrogen and oxygen atoms in total. The summed E-state index contributed by atoms with van der Waals surface area (Å²) >= 11 is 0. The third kappa shape index (κ3) is 5.83. The van der Waals surface area contributed by atoms with Crippen LogP contribution in [0, 0.1) is 6.92 Å². The Morgan fingerprint density at radius 1 is 0.909 bits per heavy atom. The third-order valence-electron chi connectivity index (χ3n) is 5.70. The van der Waals surface area contributed by atoms with Crippen molar-refractivity contribution in [2.45, 2.75) is 26.6 Å². The number of nitrogens with zero attached hydrogens (tertiary/aromatic N) is 2. The van der Waals surface area contributed by atoms with Crippen molar-refractivity contribution in [2.24, 2.45) is 0 Å². The molecule has 0 saturated carbocycles. The fourth-order valence-electron chi connectivity index (χ4n) is 3.82. The van der Waals surface area contributed by atoms with Gasteiger partial charge in [-0.1, -0.05) is 60.7 Å². The Morgan fingerprint density at radius 3 is 2.48 bits per heavy atom. The van der Waals surface area contributed by atoms with Gasteiger partial charge < -0.3 is 19.5 Å². The van der Waals surface area contributed by atoms with Gasteiger partial charge in [-0.25, -0.2) is 4.79 Å². The molecule has 0 atom stereocenters. The number of carbonyl (C=O) groups excluding carboxylic acids is 1. The Morgan fingerprint density at radius 2 is 1.70 bits per heavy atom. The van der Waals surface area contributed by atoms with Crippen molar-refractivity contribution in [2.75, 3.05) is 12.4 Å². The summed E-state index contributed by atoms with van der Waals surface area (Å²) in [6.45, 7) is 3.89. The van der Waals surface area contributed by atoms with E-state index in [4.69, 9.17) is 4.74 Å². The molecule has 0 aliphatic carbocycles. The molecule has 0 saturated heterocycles. The molecule has 4 aromatic rings. The summed E-state index contributed by atoms with van der Waals surface area (Å²) in [5.74, 6) is 0.703. The van der Waals surface area contributed by atoms with Gasteiger partial charge in [0.15, 0.2) is 0 Å². The molecule has 168 valence electrons. The van der Waals surface area contributed by atoms with Gasteiger partial charge in [0, 0.05) is 36.7 Å². The molecule has 4 rings (SSSR count). The van der Waals surface area contributed by atoms with Crippen LogP contribution in [-0.4, -0.2) is 22.6 Å². The summed E-state index contributed by atoms with van der Waals surface area (Å²) < 4.78 is 7.50. The van der Waals surface area contributed by atoms with Crippen molar-refractivity contribution in [1.82, 2.24) is 9.47 Å². The van der Waals surface area contributed by atoms with E-state index >= 15 is 0 Å². The first-order valence-corrected chi connectivity index (χ1v) is 11.0. The molecule has 0 bridgehead atoms. The highest BCUT2D eigenvalue weighted by Crippen LogP contribution is 2.19. The molecule has 1 aromatic heterocycles. The van der Waals surface area contributed by atoms with Gasteiger partial charge in [-0.05, 0) is 47.9 Å². The maximum Gasteiger partial charge on any atom is 0.322 e. The molecule has 0 radical (unpaired) electrons. The number of urea groups is 1. The minimum Gasteiger partial charge on any atom is -0.497 e. The number of hydrogen-bond acceptors (Lipinski definition) is 2. The van der Waals surface area contributed by atoms with Gasteiger partial charge in [-0.3, -0.25) is 0 Å². The monoisotopic (exact) mass is 439 g/mol. The zero-order chi connectivity index (χ0) is 23.0. The minimum atomic E-state index is -0.157. The van der Waals surface area contributed by atoms with Crippen LogP contribution in [0.25, 0.3) is 0 Å². The second kappa shape index (κ2) is 10.6. The Balaban J connectivity index is 1.56. The van der Waals surface area contributed by atoms with E-state index in [-0.39, 0.29) is 6.03 Å². The second-order valence-corrected chi connectivity index (χ2v) is 8.06. The summed E-state index contributed by atoms with van der Waals surface area (Å²) in [6, 6.07) is 29.8. The molecule has 5 heteroatoms. The maximum atomic E-state index is 13.3. The first-order valence-electron chi connectivity index (χ1n) is 11.0. The molecule has 0 unspecified atom stereocenters. The van der Waals surface area contributed by atoms with E-state index in [1.165, 1.54) is 11.1 Å². The van der Waals surface area contributed by atoms with Crippen LogP contribution in [0.5, 0.6) is 5.75 Å². The van der Waals surface area contributed by atoms with Crippen LogP contribution in [0.2, 0.25) is 0 Å². The van der Waals surface area contributed by atoms with Crippen molar-refractivity contribution >= 4 is 11.7 Å². The fraction of sp³-hybridized carbons (Fsp3) is 0.179. The average Bonchev–Trinajstić information content (AvgIpc) is 3.27. The molecule has 33 heavy (non-hydrogen) atoms. The quantitative estimate of drug-likeness (QED) is 0.361. The summed E-state index contributed by atoms with van der Waals surface area (Å²) in [4.78, 5) is 15.2. The van der Waals surface area contributed by atoms with E-state index in [0.717, 1.165) is 17.8 Å². The lowest BCUT2D eigenvalue weighted by molar-refractivity contribution is 0.205. The predicted molar refractivity (Wildman–Crippen MR) is 132 cm³/mol. The first kappa shape index (κ1) is 22.2. The van der Waals surface area contributed by atoms with Crippen molar-refractivity contribution in [3.05, 3.63) is 120 Å². The zero-order valence-corrected chi connectivity index (χ0v) is 19.1. The SMILES string of the molecule is COc1cccc(NC(=O)N(Cc2ccccc2)Cc2cccn2Cc2ccccc2C)c1. The summed E-state index contributed by atoms with van der Waals surface area (Å²) in [5, 5.41) is 3.03. The number of aromatic nitrogens is 1. The van der Waals surface area contributed by atoms with Gasteiger partial charge in [-0.15, -0.1) is 0 Å². The van der Waals surface area contributed by atoms with E-state index in [9.17, 15) is 4.79 Å². The fourth-order valence-corrected chi connectivity index (χ4v) is 3.82. The van der Waals surface area contributed by atoms with Gasteiger partial charge >= 0.3 is 6.03 Å². The van der Waals surface area contributed by atoms with Gasteiger partial charge in [0.2, 0.25) is 0 Å². The highest BCUT2D eigenvalue weighted by Gasteiger charge is 2.17. The van der Waals surface area contributed by atoms with Crippen LogP contribution >= 0.6 is 0 Å². The molecule has 0 fully saturated rings. The normalized spacial score (nSPS) is 10.6. The first-order chi connectivity index (χ1) is 16.1. The number of aryl methyl sites for hydroxylation is 1. The second-order valence-electron chi connectivity index (χ2n) is 8.06. The predicted octanol–water partition coefficient (Wildman–Crippen LogP) is 6.09. The molecule has 2 amide bonds. The highest BCUT2D eigenvalue weighted by molar-refractivity contribution is 5.89. The maximum absolute atomic E-state index is 13.3. The van der Waals surface area contributed by atoms with Crippen molar-refractivity contribution in [3.63, 3.8) is 0 Å². The van der Waals surface area contributed by atoms with Gasteiger partial charge in [-0.2, -0.15) is 0 Å². The number of carbonyl (C=O) groups is 1. The summed E-state index contributed by atoms with van der Waals surface area (Å²) in [6.07, 6.45) is 2.07. The van der Waals surface area contributed by atoms with E-state index in [2.05, 4.69) is 53.3 Å². The van der Waals surface area contributed by atoms with Crippen LogP contribution in [0.1, 0.15) is 22.4 Å². The number of rotatable bonds is 8. The number of hydrogen-bond donors (Lipinski definition) is 1. The molecular formula is C28H29N3O2. The number of ether oxygens (including phenoxy) is 1. The van der Waals surface area contributed by atoms with Crippen molar-refractivity contribution in [1.29, 1.82) is 0 Å². The molecule has 0 aliphatic heterocycles. The van der Waals surface area contributed by atoms with Crippen LogP contribution in [0.3, 0.4) is 0 Å². The molecule has 3 aromatic carbocycles. The number of methoxy groups -OCH3 is 1. The lowest BCUT2D eigenvalue weighted by Crippen LogP contribution is -2.34. The standard InChI is InChI=1S/C28H29N3O2/c1-22-10-6-7-13-24(22)20-30-17-9-15-26(30)21-31(19-23-11-4-3-5-12-23)28(32)29-25-14-8-16-27(18-25)33-2/h3-18H,19-21H2,1-2H3,(H,29,32). The Kier molecular flexibility index (Phi) is 7.10. The molecular weight excluding hydrogens is 410 g/mol. The summed E-state index contributed by atoms with van der Waals surface area (Å²) in [7, 11) is 1.62. The van der Waals surface area contributed by atoms with E-state index in [1.54, 1.807) is 7.11 Å². The van der Waals surface area contributed by atoms with Gasteiger partial charge in [0.1, 0.15) is 5.75 Å². The van der Waals surface area contributed by atoms with Gasteiger partial charge in [0.05, 0.1) is 13.7 Å². The Hall–Kier alpha value is -3.99. The lowest BCUT2D eigenvalue weighted by Gasteiger charge is -2.24. The third-order valence-corrected chi connectivity index (χ3v) is 5.70. The van der Waals surface area contributed by atoms with Gasteiger partial charge in [0.25, 0.3) is 0 Å². The lowest BCUT2D eigenvalue weighted by atomic mass is 10.1. The number of anilines is 1. The summed E-state index contributed by atoms with van der Waals surface area (Å²) in [5.41, 5.74) is 5.39. The van der Waals surface area contributed by atoms with Crippen molar-refractivity contribution < 1.29 is 9.53 Å². The van der Waals surface area contributed by atoms with E-state index in [0.29, 0.717) is 24.5 Å². The smallest absolute Gasteiger partial charge is 0.322 e. The Labute approximate surface area is 195 Å². The van der Waals surface area contributed by atoms with Crippen LogP contribution < -0.4 is 10.1 Å². The highest BCUT2D eigenvalue weighted by atomic mass is 16.5. The number of amides is 2. The van der Waals surface area contributed by atoms with E-state index < -0.39 is 0 Å².